The normalized spacial score (nSPS) is 33.0. The number of pyridine rings is 1. The van der Waals surface area contributed by atoms with E-state index in [4.69, 9.17) is 31.8 Å². The minimum absolute atomic E-state index is 0.00586. The maximum atomic E-state index is 15.2. The third-order valence-corrected chi connectivity index (χ3v) is 8.77. The Hall–Kier alpha value is -2.53. The first-order valence-corrected chi connectivity index (χ1v) is 13.1. The molecule has 1 aliphatic carbocycles. The number of carbonyl (C=O) groups excluding carboxylic acids is 1. The molecule has 2 N–H and O–H groups in total. The van der Waals surface area contributed by atoms with E-state index in [0.29, 0.717) is 37.1 Å². The SMILES string of the molecule is CC(C)(C)C1N(c2nc(OC[C@@]34CCCN3C[C@H](F)C4)nc3c(F)c(Cl)ncc23)C[C@@H]2C[C@]12OC(N)=O. The molecule has 1 amide bonds. The van der Waals surface area contributed by atoms with E-state index in [0.717, 1.165) is 19.4 Å². The summed E-state index contributed by atoms with van der Waals surface area (Å²) in [4.78, 5) is 29.1. The molecule has 1 unspecified atom stereocenters. The lowest BCUT2D eigenvalue weighted by Gasteiger charge is -2.41. The lowest BCUT2D eigenvalue weighted by Crippen LogP contribution is -2.51. The maximum absolute atomic E-state index is 15.2. The van der Waals surface area contributed by atoms with Gasteiger partial charge < -0.3 is 20.1 Å². The predicted molar refractivity (Wildman–Crippen MR) is 133 cm³/mol. The predicted octanol–water partition coefficient (Wildman–Crippen LogP) is 3.86. The topological polar surface area (TPSA) is 107 Å². The summed E-state index contributed by atoms with van der Waals surface area (Å²) in [6, 6.07) is -0.293. The van der Waals surface area contributed by atoms with Crippen molar-refractivity contribution >= 4 is 34.4 Å². The molecule has 12 heteroatoms. The monoisotopic (exact) mass is 536 g/mol. The van der Waals surface area contributed by atoms with Crippen LogP contribution in [0.5, 0.6) is 6.01 Å². The van der Waals surface area contributed by atoms with Crippen LogP contribution in [0.25, 0.3) is 10.9 Å². The Morgan fingerprint density at radius 2 is 2.08 bits per heavy atom. The second kappa shape index (κ2) is 8.23. The molecule has 5 heterocycles. The van der Waals surface area contributed by atoms with Crippen molar-refractivity contribution in [3.8, 4) is 6.01 Å². The number of nitrogens with two attached hydrogens (primary N) is 1. The van der Waals surface area contributed by atoms with E-state index in [1.165, 1.54) is 6.20 Å². The smallest absolute Gasteiger partial charge is 0.405 e. The van der Waals surface area contributed by atoms with E-state index in [1.807, 2.05) is 4.90 Å². The highest BCUT2D eigenvalue weighted by Crippen LogP contribution is 2.61. The minimum atomic E-state index is -0.898. The first-order valence-electron chi connectivity index (χ1n) is 12.7. The van der Waals surface area contributed by atoms with Crippen molar-refractivity contribution in [2.24, 2.45) is 17.1 Å². The van der Waals surface area contributed by atoms with Crippen LogP contribution in [0.15, 0.2) is 6.20 Å². The summed E-state index contributed by atoms with van der Waals surface area (Å²) in [5.41, 5.74) is 3.94. The van der Waals surface area contributed by atoms with Crippen molar-refractivity contribution in [3.63, 3.8) is 0 Å². The van der Waals surface area contributed by atoms with Gasteiger partial charge in [-0.25, -0.2) is 18.6 Å². The van der Waals surface area contributed by atoms with Gasteiger partial charge in [0.1, 0.15) is 29.7 Å². The molecule has 0 bridgehead atoms. The van der Waals surface area contributed by atoms with Gasteiger partial charge in [0, 0.05) is 31.6 Å². The number of carbonyl (C=O) groups is 1. The number of alkyl halides is 1. The molecule has 0 spiro atoms. The first kappa shape index (κ1) is 24.8. The molecule has 37 heavy (non-hydrogen) atoms. The zero-order valence-corrected chi connectivity index (χ0v) is 21.9. The molecule has 3 saturated heterocycles. The Kier molecular flexibility index (Phi) is 5.52. The van der Waals surface area contributed by atoms with E-state index < -0.39 is 29.2 Å². The van der Waals surface area contributed by atoms with Gasteiger partial charge in [0.2, 0.25) is 0 Å². The van der Waals surface area contributed by atoms with Crippen LogP contribution in [0.4, 0.5) is 19.4 Å². The average Bonchev–Trinajstić information content (AvgIpc) is 3.05. The van der Waals surface area contributed by atoms with Crippen LogP contribution in [0.2, 0.25) is 5.15 Å². The summed E-state index contributed by atoms with van der Waals surface area (Å²) in [5.74, 6) is -0.273. The Bertz CT molecular complexity index is 1280. The van der Waals surface area contributed by atoms with Gasteiger partial charge in [-0.3, -0.25) is 4.90 Å². The molecule has 2 aromatic heterocycles. The number of rotatable bonds is 5. The summed E-state index contributed by atoms with van der Waals surface area (Å²) >= 11 is 6.01. The Balaban J connectivity index is 1.41. The molecule has 9 nitrogen and oxygen atoms in total. The number of nitrogens with zero attached hydrogens (tertiary/aromatic N) is 5. The standard InChI is InChI=1S/C25H31ClF2N6O3/c1-23(2,3)20-25(37-21(29)35)7-13(25)10-34(20)19-15-9-30-18(26)16(28)17(15)31-22(32-19)36-12-24-5-4-6-33(24)11-14(27)8-24/h9,13-14,20H,4-8,10-12H2,1-3H3,(H2,29,35)/t13-,14+,20?,24-,25+/m0/s1. The van der Waals surface area contributed by atoms with Gasteiger partial charge in [-0.2, -0.15) is 9.97 Å². The van der Waals surface area contributed by atoms with Crippen LogP contribution < -0.4 is 15.4 Å². The van der Waals surface area contributed by atoms with Crippen LogP contribution in [0, 0.1) is 17.2 Å². The largest absolute Gasteiger partial charge is 0.461 e. The number of aromatic nitrogens is 3. The maximum Gasteiger partial charge on any atom is 0.405 e. The molecule has 1 saturated carbocycles. The second-order valence-electron chi connectivity index (χ2n) is 12.0. The number of ether oxygens (including phenoxy) is 2. The van der Waals surface area contributed by atoms with Crippen LogP contribution in [0.1, 0.15) is 46.5 Å². The van der Waals surface area contributed by atoms with Crippen LogP contribution in [-0.4, -0.2) is 75.5 Å². The zero-order chi connectivity index (χ0) is 26.3. The fourth-order valence-electron chi connectivity index (χ4n) is 7.19. The highest BCUT2D eigenvalue weighted by Gasteiger charge is 2.72. The molecule has 6 rings (SSSR count). The summed E-state index contributed by atoms with van der Waals surface area (Å²) in [7, 11) is 0. The molecule has 0 aromatic carbocycles. The van der Waals surface area contributed by atoms with E-state index in [-0.39, 0.29) is 40.7 Å². The molecule has 5 atom stereocenters. The summed E-state index contributed by atoms with van der Waals surface area (Å²) in [5, 5.41) is 0.0780. The average molecular weight is 537 g/mol. The zero-order valence-electron chi connectivity index (χ0n) is 21.1. The number of fused-ring (bicyclic) bond motifs is 3. The van der Waals surface area contributed by atoms with Crippen molar-refractivity contribution in [1.82, 2.24) is 19.9 Å². The van der Waals surface area contributed by atoms with Crippen molar-refractivity contribution in [2.75, 3.05) is 31.1 Å². The third-order valence-electron chi connectivity index (χ3n) is 8.50. The van der Waals surface area contributed by atoms with Crippen molar-refractivity contribution in [3.05, 3.63) is 17.2 Å². The van der Waals surface area contributed by atoms with Crippen molar-refractivity contribution < 1.29 is 23.0 Å². The summed E-state index contributed by atoms with van der Waals surface area (Å²) < 4.78 is 41.3. The molecule has 200 valence electrons. The Labute approximate surface area is 218 Å². The van der Waals surface area contributed by atoms with E-state index in [1.54, 1.807) is 0 Å². The first-order chi connectivity index (χ1) is 17.4. The molecule has 2 aromatic rings. The fraction of sp³-hybridized carbons (Fsp3) is 0.680. The quantitative estimate of drug-likeness (QED) is 0.574. The van der Waals surface area contributed by atoms with Gasteiger partial charge in [-0.15, -0.1) is 0 Å². The number of hydrogen-bond donors (Lipinski definition) is 1. The number of primary amides is 1. The van der Waals surface area contributed by atoms with Gasteiger partial charge in [0.05, 0.1) is 17.0 Å². The molecule has 3 aliphatic heterocycles. The minimum Gasteiger partial charge on any atom is -0.461 e. The molecule has 4 fully saturated rings. The van der Waals surface area contributed by atoms with E-state index in [9.17, 15) is 9.18 Å². The van der Waals surface area contributed by atoms with Crippen molar-refractivity contribution in [1.29, 1.82) is 0 Å². The third kappa shape index (κ3) is 3.88. The highest BCUT2D eigenvalue weighted by molar-refractivity contribution is 6.30. The van der Waals surface area contributed by atoms with Crippen molar-refractivity contribution in [2.45, 2.75) is 69.8 Å². The number of hydrogen-bond acceptors (Lipinski definition) is 8. The number of piperidine rings is 1. The second-order valence-corrected chi connectivity index (χ2v) is 12.4. The molecular weight excluding hydrogens is 506 g/mol. The van der Waals surface area contributed by atoms with Crippen LogP contribution in [0.3, 0.4) is 0 Å². The summed E-state index contributed by atoms with van der Waals surface area (Å²) in [6.07, 6.45) is 2.62. The number of amides is 1. The van der Waals surface area contributed by atoms with Gasteiger partial charge >= 0.3 is 12.1 Å². The highest BCUT2D eigenvalue weighted by atomic mass is 35.5. The lowest BCUT2D eigenvalue weighted by atomic mass is 9.81. The molecule has 4 aliphatic rings. The number of halogens is 3. The summed E-state index contributed by atoms with van der Waals surface area (Å²) in [6.45, 7) is 8.12. The Morgan fingerprint density at radius 1 is 1.30 bits per heavy atom. The van der Waals surface area contributed by atoms with Gasteiger partial charge in [0.15, 0.2) is 11.0 Å². The fourth-order valence-corrected chi connectivity index (χ4v) is 7.33. The van der Waals surface area contributed by atoms with Gasteiger partial charge in [0.25, 0.3) is 0 Å². The lowest BCUT2D eigenvalue weighted by molar-refractivity contribution is 0.0464. The van der Waals surface area contributed by atoms with E-state index >= 15 is 4.39 Å². The van der Waals surface area contributed by atoms with Crippen LogP contribution in [-0.2, 0) is 4.74 Å². The molecule has 0 radical (unpaired) electrons. The van der Waals surface area contributed by atoms with Crippen LogP contribution >= 0.6 is 11.6 Å². The Morgan fingerprint density at radius 3 is 2.81 bits per heavy atom. The number of anilines is 1. The van der Waals surface area contributed by atoms with Gasteiger partial charge in [-0.05, 0) is 31.2 Å². The van der Waals surface area contributed by atoms with Gasteiger partial charge in [-0.1, -0.05) is 32.4 Å². The van der Waals surface area contributed by atoms with E-state index in [2.05, 4.69) is 35.6 Å². The molecular formula is C25H31ClF2N6O3.